The minimum absolute atomic E-state index is 0.0776. The number of aliphatic carboxylic acids is 1. The molecule has 0 saturated heterocycles. The molecule has 4 rings (SSSR count). The predicted molar refractivity (Wildman–Crippen MR) is 93.7 cm³/mol. The van der Waals surface area contributed by atoms with Crippen molar-refractivity contribution in [3.8, 4) is 0 Å². The lowest BCUT2D eigenvalue weighted by Gasteiger charge is -2.19. The van der Waals surface area contributed by atoms with Gasteiger partial charge in [0, 0.05) is 22.6 Å². The van der Waals surface area contributed by atoms with E-state index in [-0.39, 0.29) is 51.4 Å². The molecule has 27 heavy (non-hydrogen) atoms. The Morgan fingerprint density at radius 3 is 2.33 bits per heavy atom. The summed E-state index contributed by atoms with van der Waals surface area (Å²) in [5.74, 6) is -3.25. The third-order valence-electron chi connectivity index (χ3n) is 4.81. The molecule has 1 unspecified atom stereocenters. The molecule has 0 saturated carbocycles. The van der Waals surface area contributed by atoms with Gasteiger partial charge in [-0.1, -0.05) is 31.2 Å². The van der Waals surface area contributed by atoms with Crippen LogP contribution in [0.5, 0.6) is 0 Å². The molecule has 7 heteroatoms. The van der Waals surface area contributed by atoms with Crippen LogP contribution in [0.1, 0.15) is 56.8 Å². The zero-order valence-electron chi connectivity index (χ0n) is 14.2. The first kappa shape index (κ1) is 16.8. The molecular weight excluding hydrogens is 348 g/mol. The zero-order valence-corrected chi connectivity index (χ0v) is 14.2. The summed E-state index contributed by atoms with van der Waals surface area (Å²) >= 11 is 0. The first-order valence-corrected chi connectivity index (χ1v) is 8.40. The lowest BCUT2D eigenvalue weighted by atomic mass is 9.83. The van der Waals surface area contributed by atoms with Crippen molar-refractivity contribution in [3.63, 3.8) is 0 Å². The van der Waals surface area contributed by atoms with Crippen LogP contribution in [0.4, 0.5) is 0 Å². The van der Waals surface area contributed by atoms with Gasteiger partial charge in [0.25, 0.3) is 5.56 Å². The van der Waals surface area contributed by atoms with Gasteiger partial charge in [0.05, 0.1) is 22.6 Å². The molecule has 134 valence electrons. The van der Waals surface area contributed by atoms with Gasteiger partial charge in [-0.25, -0.2) is 4.98 Å². The Hall–Kier alpha value is -3.61. The fourth-order valence-corrected chi connectivity index (χ4v) is 3.46. The number of hydrogen-bond donors (Lipinski definition) is 1. The van der Waals surface area contributed by atoms with E-state index in [0.717, 1.165) is 0 Å². The third kappa shape index (κ3) is 2.39. The van der Waals surface area contributed by atoms with Gasteiger partial charge in [-0.2, -0.15) is 0 Å². The second-order valence-electron chi connectivity index (χ2n) is 6.32. The second-order valence-corrected chi connectivity index (χ2v) is 6.32. The van der Waals surface area contributed by atoms with Crippen molar-refractivity contribution >= 4 is 28.6 Å². The molecule has 0 amide bonds. The van der Waals surface area contributed by atoms with Crippen molar-refractivity contribution in [1.29, 1.82) is 0 Å². The average Bonchev–Trinajstić information content (AvgIpc) is 2.66. The average molecular weight is 361 g/mol. The van der Waals surface area contributed by atoms with Crippen molar-refractivity contribution in [2.24, 2.45) is 0 Å². The zero-order chi connectivity index (χ0) is 19.3. The van der Waals surface area contributed by atoms with Gasteiger partial charge in [0.2, 0.25) is 0 Å². The van der Waals surface area contributed by atoms with Crippen molar-refractivity contribution in [2.45, 2.75) is 19.3 Å². The maximum atomic E-state index is 13.0. The smallest absolute Gasteiger partial charge is 0.270 e. The van der Waals surface area contributed by atoms with Crippen LogP contribution < -0.4 is 10.7 Å². The molecule has 2 aromatic carbocycles. The molecular formula is C20H13N2O5-. The fraction of sp³-hybridized carbons (Fsp3) is 0.150. The highest BCUT2D eigenvalue weighted by Crippen LogP contribution is 2.31. The summed E-state index contributed by atoms with van der Waals surface area (Å²) in [7, 11) is 0. The topological polar surface area (TPSA) is 120 Å². The maximum Gasteiger partial charge on any atom is 0.270 e. The molecule has 3 aromatic rings. The van der Waals surface area contributed by atoms with Crippen molar-refractivity contribution in [3.05, 3.63) is 74.7 Å². The van der Waals surface area contributed by atoms with E-state index in [1.165, 1.54) is 12.1 Å². The Morgan fingerprint density at radius 2 is 1.70 bits per heavy atom. The number of rotatable bonds is 3. The minimum Gasteiger partial charge on any atom is -0.549 e. The molecule has 0 fully saturated rings. The third-order valence-corrected chi connectivity index (χ3v) is 4.81. The highest BCUT2D eigenvalue weighted by Gasteiger charge is 2.32. The van der Waals surface area contributed by atoms with E-state index < -0.39 is 17.4 Å². The fourth-order valence-electron chi connectivity index (χ4n) is 3.46. The Bertz CT molecular complexity index is 1210. The van der Waals surface area contributed by atoms with Crippen LogP contribution in [0.3, 0.4) is 0 Å². The number of carboxylic acids is 1. The van der Waals surface area contributed by atoms with Crippen molar-refractivity contribution < 1.29 is 19.5 Å². The molecule has 0 radical (unpaired) electrons. The van der Waals surface area contributed by atoms with Crippen LogP contribution in [0, 0.1) is 0 Å². The minimum atomic E-state index is -1.40. The van der Waals surface area contributed by atoms with Crippen molar-refractivity contribution in [1.82, 2.24) is 9.97 Å². The number of aromatic nitrogens is 2. The summed E-state index contributed by atoms with van der Waals surface area (Å²) in [6, 6.07) is 9.44. The van der Waals surface area contributed by atoms with Crippen molar-refractivity contribution in [2.75, 3.05) is 0 Å². The lowest BCUT2D eigenvalue weighted by molar-refractivity contribution is -0.308. The maximum absolute atomic E-state index is 13.0. The Morgan fingerprint density at radius 1 is 1.04 bits per heavy atom. The number of H-pyrrole nitrogens is 1. The summed E-state index contributed by atoms with van der Waals surface area (Å²) in [6.07, 6.45) is 0.139. The predicted octanol–water partition coefficient (Wildman–Crippen LogP) is 0.942. The highest BCUT2D eigenvalue weighted by atomic mass is 16.4. The first-order chi connectivity index (χ1) is 12.9. The molecule has 0 bridgehead atoms. The van der Waals surface area contributed by atoms with E-state index in [0.29, 0.717) is 5.56 Å². The number of fused-ring (bicyclic) bond motifs is 4. The number of ketones is 2. The van der Waals surface area contributed by atoms with Gasteiger partial charge in [0.1, 0.15) is 5.69 Å². The summed E-state index contributed by atoms with van der Waals surface area (Å²) < 4.78 is 0. The summed E-state index contributed by atoms with van der Waals surface area (Å²) in [5, 5.41) is 11.3. The molecule has 1 aliphatic carbocycles. The number of aromatic amines is 1. The van der Waals surface area contributed by atoms with E-state index in [2.05, 4.69) is 9.97 Å². The number of carbonyl (C=O) groups excluding carboxylic acids is 3. The van der Waals surface area contributed by atoms with Gasteiger partial charge < -0.3 is 14.9 Å². The number of nitrogens with zero attached hydrogens (tertiary/aromatic N) is 1. The normalized spacial score (nSPS) is 14.0. The van der Waals surface area contributed by atoms with Crippen LogP contribution in [-0.4, -0.2) is 27.5 Å². The molecule has 1 aromatic heterocycles. The number of carbonyl (C=O) groups is 3. The molecule has 1 heterocycles. The first-order valence-electron chi connectivity index (χ1n) is 8.40. The van der Waals surface area contributed by atoms with E-state index in [4.69, 9.17) is 0 Å². The van der Waals surface area contributed by atoms with Crippen LogP contribution >= 0.6 is 0 Å². The van der Waals surface area contributed by atoms with Gasteiger partial charge in [-0.05, 0) is 18.6 Å². The van der Waals surface area contributed by atoms with Gasteiger partial charge in [-0.3, -0.25) is 14.4 Å². The molecule has 1 atom stereocenters. The van der Waals surface area contributed by atoms with Crippen LogP contribution in [0.2, 0.25) is 0 Å². The van der Waals surface area contributed by atoms with Crippen LogP contribution in [-0.2, 0) is 4.79 Å². The summed E-state index contributed by atoms with van der Waals surface area (Å²) in [5.41, 5.74) is 0.298. The van der Waals surface area contributed by atoms with E-state index in [9.17, 15) is 24.3 Å². The highest BCUT2D eigenvalue weighted by molar-refractivity contribution is 6.31. The number of carboxylic acid groups (broad SMARTS) is 1. The monoisotopic (exact) mass is 361 g/mol. The number of benzene rings is 2. The number of nitrogens with one attached hydrogen (secondary N) is 1. The quantitative estimate of drug-likeness (QED) is 0.580. The van der Waals surface area contributed by atoms with E-state index in [1.807, 2.05) is 0 Å². The van der Waals surface area contributed by atoms with Crippen LogP contribution in [0.25, 0.3) is 11.0 Å². The molecule has 1 N–H and O–H groups in total. The second kappa shape index (κ2) is 5.98. The van der Waals surface area contributed by atoms with Crippen LogP contribution in [0.15, 0.2) is 41.2 Å². The SMILES string of the molecule is CCC(C(=O)[O-])c1nc2ccc3c(c2[nH]c1=O)C(=O)c1ccccc1C3=O. The summed E-state index contributed by atoms with van der Waals surface area (Å²) in [4.78, 5) is 56.2. The summed E-state index contributed by atoms with van der Waals surface area (Å²) in [6.45, 7) is 1.61. The number of hydrogen-bond acceptors (Lipinski definition) is 6. The Labute approximate surface area is 152 Å². The molecule has 0 aliphatic heterocycles. The van der Waals surface area contributed by atoms with Gasteiger partial charge in [0.15, 0.2) is 11.6 Å². The Balaban J connectivity index is 2.01. The molecule has 0 spiro atoms. The largest absolute Gasteiger partial charge is 0.549 e. The Kier molecular flexibility index (Phi) is 3.73. The molecule has 1 aliphatic rings. The van der Waals surface area contributed by atoms with E-state index in [1.54, 1.807) is 31.2 Å². The molecule has 7 nitrogen and oxygen atoms in total. The lowest BCUT2D eigenvalue weighted by Crippen LogP contribution is -2.34. The van der Waals surface area contributed by atoms with Gasteiger partial charge in [-0.15, -0.1) is 0 Å². The van der Waals surface area contributed by atoms with E-state index >= 15 is 0 Å². The standard InChI is InChI=1S/C20H14N2O5/c1-2-9(20(26)27)15-19(25)22-16-13(21-15)8-7-12-14(16)18(24)11-6-4-3-5-10(11)17(12)23/h3-9H,2H2,1H3,(H,22,25)(H,26,27)/p-1. The van der Waals surface area contributed by atoms with Gasteiger partial charge >= 0.3 is 0 Å².